The van der Waals surface area contributed by atoms with Crippen LogP contribution in [0.4, 0.5) is 0 Å². The third-order valence-corrected chi connectivity index (χ3v) is 4.54. The van der Waals surface area contributed by atoms with E-state index in [1.54, 1.807) is 0 Å². The van der Waals surface area contributed by atoms with Crippen molar-refractivity contribution in [1.29, 1.82) is 0 Å². The highest BCUT2D eigenvalue weighted by Gasteiger charge is 2.49. The second-order valence-corrected chi connectivity index (χ2v) is 5.77. The van der Waals surface area contributed by atoms with E-state index >= 15 is 0 Å². The molecule has 1 aromatic carbocycles. The minimum Gasteiger partial charge on any atom is -0.487 e. The van der Waals surface area contributed by atoms with Gasteiger partial charge in [0.1, 0.15) is 11.4 Å². The molecule has 2 saturated carbocycles. The van der Waals surface area contributed by atoms with Crippen LogP contribution in [0.5, 0.6) is 5.75 Å². The zero-order chi connectivity index (χ0) is 11.9. The maximum absolute atomic E-state index is 6.29. The average Bonchev–Trinajstić information content (AvgIpc) is 2.88. The van der Waals surface area contributed by atoms with Gasteiger partial charge in [0.05, 0.1) is 0 Å². The number of benzene rings is 1. The molecule has 1 nitrogen and oxygen atoms in total. The van der Waals surface area contributed by atoms with Crippen molar-refractivity contribution in [2.24, 2.45) is 11.8 Å². The number of fused-ring (bicyclic) bond motifs is 2. The molecule has 0 radical (unpaired) electrons. The highest BCUT2D eigenvalue weighted by molar-refractivity contribution is 5.49. The number of rotatable bonds is 3. The molecule has 0 aromatic heterocycles. The molecule has 3 rings (SSSR count). The van der Waals surface area contributed by atoms with Gasteiger partial charge >= 0.3 is 0 Å². The molecular weight excluding hydrogens is 208 g/mol. The highest BCUT2D eigenvalue weighted by Crippen LogP contribution is 2.52. The van der Waals surface area contributed by atoms with Gasteiger partial charge in [-0.3, -0.25) is 0 Å². The maximum atomic E-state index is 6.29. The van der Waals surface area contributed by atoms with Crippen molar-refractivity contribution >= 4 is 6.08 Å². The van der Waals surface area contributed by atoms with Gasteiger partial charge in [0, 0.05) is 0 Å². The first kappa shape index (κ1) is 10.9. The monoisotopic (exact) mass is 228 g/mol. The number of hydrogen-bond donors (Lipinski definition) is 0. The lowest BCUT2D eigenvalue weighted by molar-refractivity contribution is 0.0313. The van der Waals surface area contributed by atoms with Crippen molar-refractivity contribution < 1.29 is 4.74 Å². The molecule has 17 heavy (non-hydrogen) atoms. The number of ether oxygens (including phenoxy) is 1. The van der Waals surface area contributed by atoms with E-state index in [0.717, 1.165) is 23.1 Å². The van der Waals surface area contributed by atoms with E-state index in [-0.39, 0.29) is 5.60 Å². The lowest BCUT2D eigenvalue weighted by atomic mass is 9.85. The van der Waals surface area contributed by atoms with Crippen LogP contribution in [-0.2, 0) is 0 Å². The molecule has 2 aliphatic carbocycles. The van der Waals surface area contributed by atoms with Gasteiger partial charge in [-0.15, -0.1) is 0 Å². The SMILES string of the molecule is C=Cc1cccc(OC2(C)CC3CCC2C3)c1. The summed E-state index contributed by atoms with van der Waals surface area (Å²) in [7, 11) is 0. The smallest absolute Gasteiger partial charge is 0.120 e. The second kappa shape index (κ2) is 3.90. The summed E-state index contributed by atoms with van der Waals surface area (Å²) in [5.74, 6) is 2.67. The summed E-state index contributed by atoms with van der Waals surface area (Å²) in [6, 6.07) is 8.25. The fraction of sp³-hybridized carbons (Fsp3) is 0.500. The quantitative estimate of drug-likeness (QED) is 0.750. The van der Waals surface area contributed by atoms with Crippen LogP contribution >= 0.6 is 0 Å². The van der Waals surface area contributed by atoms with Crippen molar-refractivity contribution in [2.45, 2.75) is 38.2 Å². The minimum absolute atomic E-state index is 0.0721. The van der Waals surface area contributed by atoms with E-state index in [9.17, 15) is 0 Å². The topological polar surface area (TPSA) is 9.23 Å². The molecule has 0 amide bonds. The Hall–Kier alpha value is -1.24. The molecule has 0 heterocycles. The lowest BCUT2D eigenvalue weighted by Gasteiger charge is -2.34. The van der Waals surface area contributed by atoms with Crippen LogP contribution < -0.4 is 4.74 Å². The van der Waals surface area contributed by atoms with Crippen LogP contribution in [0, 0.1) is 11.8 Å². The van der Waals surface area contributed by atoms with Gasteiger partial charge in [0.25, 0.3) is 0 Å². The van der Waals surface area contributed by atoms with E-state index in [0.29, 0.717) is 0 Å². The molecular formula is C16H20O. The summed E-state index contributed by atoms with van der Waals surface area (Å²) in [5.41, 5.74) is 1.21. The lowest BCUT2D eigenvalue weighted by Crippen LogP contribution is -2.38. The van der Waals surface area contributed by atoms with Gasteiger partial charge in [-0.05, 0) is 62.1 Å². The summed E-state index contributed by atoms with van der Waals surface area (Å²) < 4.78 is 6.29. The maximum Gasteiger partial charge on any atom is 0.120 e. The Balaban J connectivity index is 1.80. The summed E-state index contributed by atoms with van der Waals surface area (Å²) in [4.78, 5) is 0. The Morgan fingerprint density at radius 3 is 2.94 bits per heavy atom. The van der Waals surface area contributed by atoms with Crippen molar-refractivity contribution in [3.63, 3.8) is 0 Å². The van der Waals surface area contributed by atoms with Crippen LogP contribution in [0.15, 0.2) is 30.8 Å². The molecule has 1 aromatic rings. The van der Waals surface area contributed by atoms with Gasteiger partial charge in [-0.25, -0.2) is 0 Å². The molecule has 3 unspecified atom stereocenters. The summed E-state index contributed by atoms with van der Waals surface area (Å²) in [6.45, 7) is 6.09. The summed E-state index contributed by atoms with van der Waals surface area (Å²) in [5, 5.41) is 0. The Kier molecular flexibility index (Phi) is 2.50. The minimum atomic E-state index is 0.0721. The fourth-order valence-electron chi connectivity index (χ4n) is 3.65. The largest absolute Gasteiger partial charge is 0.487 e. The predicted molar refractivity (Wildman–Crippen MR) is 71.0 cm³/mol. The van der Waals surface area contributed by atoms with E-state index in [4.69, 9.17) is 4.74 Å². The van der Waals surface area contributed by atoms with Gasteiger partial charge in [-0.1, -0.05) is 24.8 Å². The predicted octanol–water partition coefficient (Wildman–Crippen LogP) is 4.29. The van der Waals surface area contributed by atoms with Crippen molar-refractivity contribution in [3.8, 4) is 5.75 Å². The molecule has 0 aliphatic heterocycles. The molecule has 90 valence electrons. The molecule has 2 aliphatic rings. The van der Waals surface area contributed by atoms with Crippen molar-refractivity contribution in [2.75, 3.05) is 0 Å². The zero-order valence-corrected chi connectivity index (χ0v) is 10.5. The zero-order valence-electron chi connectivity index (χ0n) is 10.5. The normalized spacial score (nSPS) is 34.9. The van der Waals surface area contributed by atoms with E-state index < -0.39 is 0 Å². The molecule has 2 fully saturated rings. The van der Waals surface area contributed by atoms with Crippen LogP contribution in [0.1, 0.15) is 38.2 Å². The highest BCUT2D eigenvalue weighted by atomic mass is 16.5. The fourth-order valence-corrected chi connectivity index (χ4v) is 3.65. The van der Waals surface area contributed by atoms with Crippen LogP contribution in [-0.4, -0.2) is 5.60 Å². The second-order valence-electron chi connectivity index (χ2n) is 5.77. The summed E-state index contributed by atoms with van der Waals surface area (Å²) in [6.07, 6.45) is 7.24. The Morgan fingerprint density at radius 1 is 1.41 bits per heavy atom. The third-order valence-electron chi connectivity index (χ3n) is 4.54. The van der Waals surface area contributed by atoms with Crippen LogP contribution in [0.3, 0.4) is 0 Å². The Morgan fingerprint density at radius 2 is 2.29 bits per heavy atom. The molecule has 1 heteroatoms. The molecule has 2 bridgehead atoms. The average molecular weight is 228 g/mol. The van der Waals surface area contributed by atoms with E-state index in [1.165, 1.54) is 25.7 Å². The van der Waals surface area contributed by atoms with Gasteiger partial charge in [0.15, 0.2) is 0 Å². The standard InChI is InChI=1S/C16H20O/c1-3-12-5-4-6-15(10-12)17-16(2)11-13-7-8-14(16)9-13/h3-6,10,13-14H,1,7-9,11H2,2H3. The molecule has 0 spiro atoms. The molecule has 0 saturated heterocycles. The summed E-state index contributed by atoms with van der Waals surface area (Å²) >= 11 is 0. The first-order chi connectivity index (χ1) is 8.19. The molecule has 3 atom stereocenters. The van der Waals surface area contributed by atoms with Crippen molar-refractivity contribution in [3.05, 3.63) is 36.4 Å². The first-order valence-corrected chi connectivity index (χ1v) is 6.61. The Labute approximate surface area is 103 Å². The van der Waals surface area contributed by atoms with E-state index in [2.05, 4.69) is 31.7 Å². The Bertz CT molecular complexity index is 437. The van der Waals surface area contributed by atoms with Gasteiger partial charge in [-0.2, -0.15) is 0 Å². The molecule has 0 N–H and O–H groups in total. The van der Waals surface area contributed by atoms with Crippen LogP contribution in [0.2, 0.25) is 0 Å². The van der Waals surface area contributed by atoms with E-state index in [1.807, 2.05) is 12.1 Å². The third kappa shape index (κ3) is 1.88. The van der Waals surface area contributed by atoms with Crippen molar-refractivity contribution in [1.82, 2.24) is 0 Å². The van der Waals surface area contributed by atoms with Gasteiger partial charge < -0.3 is 4.74 Å². The number of hydrogen-bond acceptors (Lipinski definition) is 1. The van der Waals surface area contributed by atoms with Gasteiger partial charge in [0.2, 0.25) is 0 Å². The first-order valence-electron chi connectivity index (χ1n) is 6.61. The van der Waals surface area contributed by atoms with Crippen LogP contribution in [0.25, 0.3) is 6.08 Å².